The van der Waals surface area contributed by atoms with E-state index in [0.29, 0.717) is 15.8 Å². The van der Waals surface area contributed by atoms with Crippen molar-refractivity contribution in [3.63, 3.8) is 0 Å². The van der Waals surface area contributed by atoms with Crippen molar-refractivity contribution in [3.05, 3.63) is 64.3 Å². The molecule has 8 heteroatoms. The number of esters is 1. The highest BCUT2D eigenvalue weighted by molar-refractivity contribution is 7.20. The van der Waals surface area contributed by atoms with Gasteiger partial charge in [0.25, 0.3) is 5.91 Å². The lowest BCUT2D eigenvalue weighted by atomic mass is 10.1. The van der Waals surface area contributed by atoms with Gasteiger partial charge >= 0.3 is 5.97 Å². The van der Waals surface area contributed by atoms with Crippen LogP contribution < -0.4 is 10.6 Å². The molecule has 0 bridgehead atoms. The van der Waals surface area contributed by atoms with Crippen molar-refractivity contribution in [1.82, 2.24) is 5.32 Å². The minimum absolute atomic E-state index is 0.200. The zero-order valence-corrected chi connectivity index (χ0v) is 16.7. The summed E-state index contributed by atoms with van der Waals surface area (Å²) >= 11 is 1.08. The van der Waals surface area contributed by atoms with Gasteiger partial charge in [0.15, 0.2) is 6.61 Å². The van der Waals surface area contributed by atoms with Gasteiger partial charge in [-0.05, 0) is 49.2 Å². The Hall–Kier alpha value is -3.26. The van der Waals surface area contributed by atoms with Crippen molar-refractivity contribution >= 4 is 44.9 Å². The highest BCUT2D eigenvalue weighted by Crippen LogP contribution is 2.28. The molecule has 1 heterocycles. The number of aryl methyl sites for hydroxylation is 1. The van der Waals surface area contributed by atoms with E-state index in [1.807, 2.05) is 26.0 Å². The highest BCUT2D eigenvalue weighted by Gasteiger charge is 2.15. The Morgan fingerprint density at radius 3 is 2.59 bits per heavy atom. The van der Waals surface area contributed by atoms with Crippen molar-refractivity contribution in [3.8, 4) is 0 Å². The topological polar surface area (TPSA) is 84.5 Å². The Labute approximate surface area is 170 Å². The molecule has 3 rings (SSSR count). The first-order valence-corrected chi connectivity index (χ1v) is 9.64. The van der Waals surface area contributed by atoms with Crippen LogP contribution in [-0.4, -0.2) is 30.9 Å². The van der Waals surface area contributed by atoms with Gasteiger partial charge < -0.3 is 15.4 Å². The molecule has 0 aliphatic carbocycles. The van der Waals surface area contributed by atoms with Crippen LogP contribution in [0.3, 0.4) is 0 Å². The summed E-state index contributed by atoms with van der Waals surface area (Å²) in [4.78, 5) is 36.1. The monoisotopic (exact) mass is 414 g/mol. The van der Waals surface area contributed by atoms with Crippen molar-refractivity contribution in [2.45, 2.75) is 13.8 Å². The number of carbonyl (C=O) groups excluding carboxylic acids is 3. The van der Waals surface area contributed by atoms with E-state index in [9.17, 15) is 18.8 Å². The molecular formula is C21H19FN2O4S. The second-order valence-electron chi connectivity index (χ2n) is 6.41. The van der Waals surface area contributed by atoms with Crippen LogP contribution in [0.4, 0.5) is 10.1 Å². The summed E-state index contributed by atoms with van der Waals surface area (Å²) in [6, 6.07) is 11.5. The minimum Gasteiger partial charge on any atom is -0.451 e. The van der Waals surface area contributed by atoms with Crippen LogP contribution in [0, 0.1) is 19.7 Å². The quantitative estimate of drug-likeness (QED) is 0.604. The number of halogens is 1. The Morgan fingerprint density at radius 2 is 1.83 bits per heavy atom. The van der Waals surface area contributed by atoms with E-state index in [-0.39, 0.29) is 11.4 Å². The van der Waals surface area contributed by atoms with Gasteiger partial charge in [0.1, 0.15) is 10.7 Å². The molecule has 2 amide bonds. The Morgan fingerprint density at radius 1 is 1.07 bits per heavy atom. The maximum atomic E-state index is 13.7. The lowest BCUT2D eigenvalue weighted by molar-refractivity contribution is -0.126. The van der Waals surface area contributed by atoms with Crippen molar-refractivity contribution in [1.29, 1.82) is 0 Å². The molecule has 0 radical (unpaired) electrons. The third kappa shape index (κ3) is 4.97. The van der Waals surface area contributed by atoms with Crippen molar-refractivity contribution < 1.29 is 23.5 Å². The van der Waals surface area contributed by atoms with Crippen LogP contribution in [0.25, 0.3) is 10.1 Å². The highest BCUT2D eigenvalue weighted by atomic mass is 32.1. The number of ether oxygens (including phenoxy) is 1. The van der Waals surface area contributed by atoms with E-state index in [2.05, 4.69) is 10.6 Å². The van der Waals surface area contributed by atoms with Crippen LogP contribution in [0.2, 0.25) is 0 Å². The molecule has 6 nitrogen and oxygen atoms in total. The summed E-state index contributed by atoms with van der Waals surface area (Å²) in [5.41, 5.74) is 2.66. The number of carbonyl (C=O) groups is 3. The molecule has 0 aliphatic heterocycles. The van der Waals surface area contributed by atoms with Crippen LogP contribution in [0.15, 0.2) is 42.5 Å². The number of rotatable bonds is 6. The Balaban J connectivity index is 1.47. The number of hydrogen-bond acceptors (Lipinski definition) is 5. The van der Waals surface area contributed by atoms with E-state index in [1.165, 1.54) is 12.1 Å². The molecule has 0 aliphatic rings. The van der Waals surface area contributed by atoms with Gasteiger partial charge in [-0.2, -0.15) is 0 Å². The van der Waals surface area contributed by atoms with E-state index < -0.39 is 30.2 Å². The maximum Gasteiger partial charge on any atom is 0.348 e. The summed E-state index contributed by atoms with van der Waals surface area (Å²) in [6.07, 6.45) is 0. The molecule has 0 unspecified atom stereocenters. The second kappa shape index (κ2) is 8.83. The molecule has 2 aromatic carbocycles. The van der Waals surface area contributed by atoms with Gasteiger partial charge in [0.05, 0.1) is 6.54 Å². The fraction of sp³-hybridized carbons (Fsp3) is 0.190. The zero-order chi connectivity index (χ0) is 21.0. The number of hydrogen-bond donors (Lipinski definition) is 2. The predicted molar refractivity (Wildman–Crippen MR) is 110 cm³/mol. The summed E-state index contributed by atoms with van der Waals surface area (Å²) in [7, 11) is 0. The van der Waals surface area contributed by atoms with Gasteiger partial charge in [0, 0.05) is 15.8 Å². The molecule has 0 saturated carbocycles. The number of nitrogens with one attached hydrogen (secondary N) is 2. The van der Waals surface area contributed by atoms with Crippen LogP contribution in [-0.2, 0) is 14.3 Å². The molecule has 29 heavy (non-hydrogen) atoms. The first kappa shape index (κ1) is 20.5. The smallest absolute Gasteiger partial charge is 0.348 e. The second-order valence-corrected chi connectivity index (χ2v) is 7.49. The summed E-state index contributed by atoms with van der Waals surface area (Å²) in [6.45, 7) is 3.04. The van der Waals surface area contributed by atoms with E-state index >= 15 is 0 Å². The number of benzene rings is 2. The average molecular weight is 414 g/mol. The zero-order valence-electron chi connectivity index (χ0n) is 15.9. The Kier molecular flexibility index (Phi) is 6.23. The summed E-state index contributed by atoms with van der Waals surface area (Å²) in [5.74, 6) is -2.15. The lowest BCUT2D eigenvalue weighted by Gasteiger charge is -2.11. The number of thiophene rings is 1. The van der Waals surface area contributed by atoms with E-state index in [0.717, 1.165) is 22.5 Å². The third-order valence-electron chi connectivity index (χ3n) is 4.37. The molecular weight excluding hydrogens is 395 g/mol. The normalized spacial score (nSPS) is 10.6. The molecule has 3 aromatic rings. The average Bonchev–Trinajstić information content (AvgIpc) is 3.14. The molecule has 0 fully saturated rings. The molecule has 1 aromatic heterocycles. The standard InChI is InChI=1S/C21H19FN2O4S/c1-12-5-3-7-16(13(12)2)24-19(25)10-23-20(26)11-28-21(27)18-9-14-15(22)6-4-8-17(14)29-18/h3-9H,10-11H2,1-2H3,(H,23,26)(H,24,25). The maximum absolute atomic E-state index is 13.7. The summed E-state index contributed by atoms with van der Waals surface area (Å²) < 4.78 is 19.3. The number of amides is 2. The number of anilines is 1. The third-order valence-corrected chi connectivity index (χ3v) is 5.45. The van der Waals surface area contributed by atoms with Crippen LogP contribution in [0.5, 0.6) is 0 Å². The SMILES string of the molecule is Cc1cccc(NC(=O)CNC(=O)COC(=O)c2cc3c(F)cccc3s2)c1C. The van der Waals surface area contributed by atoms with Gasteiger partial charge in [-0.3, -0.25) is 9.59 Å². The Bertz CT molecular complexity index is 1090. The largest absolute Gasteiger partial charge is 0.451 e. The minimum atomic E-state index is -0.722. The summed E-state index contributed by atoms with van der Waals surface area (Å²) in [5, 5.41) is 5.45. The fourth-order valence-electron chi connectivity index (χ4n) is 2.64. The molecule has 0 atom stereocenters. The van der Waals surface area contributed by atoms with E-state index in [1.54, 1.807) is 18.2 Å². The van der Waals surface area contributed by atoms with Gasteiger partial charge in [-0.25, -0.2) is 9.18 Å². The van der Waals surface area contributed by atoms with Gasteiger partial charge in [0.2, 0.25) is 5.91 Å². The first-order chi connectivity index (χ1) is 13.8. The molecule has 0 saturated heterocycles. The van der Waals surface area contributed by atoms with E-state index in [4.69, 9.17) is 4.74 Å². The molecule has 150 valence electrons. The first-order valence-electron chi connectivity index (χ1n) is 8.83. The fourth-order valence-corrected chi connectivity index (χ4v) is 3.61. The lowest BCUT2D eigenvalue weighted by Crippen LogP contribution is -2.35. The van der Waals surface area contributed by atoms with Gasteiger partial charge in [-0.15, -0.1) is 11.3 Å². The molecule has 2 N–H and O–H groups in total. The van der Waals surface area contributed by atoms with Crippen molar-refractivity contribution in [2.75, 3.05) is 18.5 Å². The van der Waals surface area contributed by atoms with Crippen LogP contribution in [0.1, 0.15) is 20.8 Å². The number of fused-ring (bicyclic) bond motifs is 1. The molecule has 0 spiro atoms. The van der Waals surface area contributed by atoms with Crippen LogP contribution >= 0.6 is 11.3 Å². The predicted octanol–water partition coefficient (Wildman–Crippen LogP) is 3.57. The van der Waals surface area contributed by atoms with Crippen molar-refractivity contribution in [2.24, 2.45) is 0 Å². The van der Waals surface area contributed by atoms with Gasteiger partial charge in [-0.1, -0.05) is 18.2 Å².